The summed E-state index contributed by atoms with van der Waals surface area (Å²) in [5, 5.41) is 3.88. The quantitative estimate of drug-likeness (QED) is 0.501. The molecule has 0 atom stereocenters. The Morgan fingerprint density at radius 1 is 1.47 bits per heavy atom. The summed E-state index contributed by atoms with van der Waals surface area (Å²) in [6.45, 7) is 0.868. The Morgan fingerprint density at radius 2 is 2.32 bits per heavy atom. The van der Waals surface area contributed by atoms with Crippen LogP contribution in [-0.2, 0) is 4.74 Å². The highest BCUT2D eigenvalue weighted by Gasteiger charge is 2.11. The Labute approximate surface area is 112 Å². The van der Waals surface area contributed by atoms with E-state index in [1.165, 1.54) is 7.11 Å². The molecule has 1 heterocycles. The van der Waals surface area contributed by atoms with Crippen LogP contribution in [0.4, 0.5) is 0 Å². The molecule has 2 N–H and O–H groups in total. The maximum Gasteiger partial charge on any atom is 0.340 e. The number of esters is 1. The third-order valence-corrected chi connectivity index (χ3v) is 2.82. The van der Waals surface area contributed by atoms with E-state index < -0.39 is 0 Å². The molecule has 0 unspecified atom stereocenters. The van der Waals surface area contributed by atoms with Crippen molar-refractivity contribution in [2.24, 2.45) is 0 Å². The molecule has 4 nitrogen and oxygen atoms in total. The summed E-state index contributed by atoms with van der Waals surface area (Å²) in [7, 11) is 3.28. The molecule has 0 saturated heterocycles. The lowest BCUT2D eigenvalue weighted by molar-refractivity contribution is 0.0603. The number of carbonyl (C=O) groups is 1. The van der Waals surface area contributed by atoms with Gasteiger partial charge in [0.25, 0.3) is 0 Å². The fraction of sp³-hybridized carbons (Fsp3) is 0.267. The van der Waals surface area contributed by atoms with Crippen molar-refractivity contribution in [1.29, 1.82) is 0 Å². The summed E-state index contributed by atoms with van der Waals surface area (Å²) in [5.41, 5.74) is 2.34. The number of nitrogens with one attached hydrogen (secondary N) is 2. The van der Waals surface area contributed by atoms with E-state index in [9.17, 15) is 4.79 Å². The molecule has 0 fully saturated rings. The first-order valence-electron chi connectivity index (χ1n) is 6.09. The third-order valence-electron chi connectivity index (χ3n) is 2.82. The molecular formula is C15H16N2O2. The second-order valence-electron chi connectivity index (χ2n) is 4.11. The maximum absolute atomic E-state index is 11.6. The van der Waals surface area contributed by atoms with Crippen LogP contribution in [0, 0.1) is 11.8 Å². The highest BCUT2D eigenvalue weighted by molar-refractivity contribution is 6.04. The van der Waals surface area contributed by atoms with Gasteiger partial charge < -0.3 is 15.0 Å². The van der Waals surface area contributed by atoms with Crippen molar-refractivity contribution in [3.05, 3.63) is 35.5 Å². The van der Waals surface area contributed by atoms with Crippen molar-refractivity contribution in [1.82, 2.24) is 10.3 Å². The van der Waals surface area contributed by atoms with Gasteiger partial charge in [-0.15, -0.1) is 0 Å². The average Bonchev–Trinajstić information content (AvgIpc) is 2.86. The summed E-state index contributed by atoms with van der Waals surface area (Å²) < 4.78 is 4.75. The molecule has 1 aromatic carbocycles. The first kappa shape index (κ1) is 13.2. The predicted molar refractivity (Wildman–Crippen MR) is 75.1 cm³/mol. The standard InChI is InChI=1S/C15H16N2O2/c1-16-8-4-3-5-11-6-7-14-12(9-11)13(10-17-14)15(18)19-2/h6-7,9-10,16-17H,4,8H2,1-2H3. The maximum atomic E-state index is 11.6. The molecule has 0 radical (unpaired) electrons. The molecule has 0 aliphatic rings. The number of H-pyrrole nitrogens is 1. The van der Waals surface area contributed by atoms with Gasteiger partial charge >= 0.3 is 5.97 Å². The van der Waals surface area contributed by atoms with Crippen LogP contribution < -0.4 is 5.32 Å². The Morgan fingerprint density at radius 3 is 3.05 bits per heavy atom. The lowest BCUT2D eigenvalue weighted by atomic mass is 10.1. The molecular weight excluding hydrogens is 240 g/mol. The zero-order valence-corrected chi connectivity index (χ0v) is 11.0. The second kappa shape index (κ2) is 6.07. The molecule has 0 bridgehead atoms. The zero-order valence-electron chi connectivity index (χ0n) is 11.0. The molecule has 0 aliphatic heterocycles. The average molecular weight is 256 g/mol. The van der Waals surface area contributed by atoms with E-state index in [0.29, 0.717) is 5.56 Å². The van der Waals surface area contributed by atoms with E-state index in [1.807, 2.05) is 25.2 Å². The van der Waals surface area contributed by atoms with E-state index >= 15 is 0 Å². The van der Waals surface area contributed by atoms with Crippen molar-refractivity contribution in [2.45, 2.75) is 6.42 Å². The van der Waals surface area contributed by atoms with Gasteiger partial charge in [0.1, 0.15) is 0 Å². The molecule has 0 amide bonds. The largest absolute Gasteiger partial charge is 0.465 e. The van der Waals surface area contributed by atoms with Crippen LogP contribution in [0.2, 0.25) is 0 Å². The SMILES string of the molecule is CNCCC#Cc1ccc2[nH]cc(C(=O)OC)c2c1. The lowest BCUT2D eigenvalue weighted by Crippen LogP contribution is -2.05. The van der Waals surface area contributed by atoms with Gasteiger partial charge in [0, 0.05) is 35.6 Å². The summed E-state index contributed by atoms with van der Waals surface area (Å²) >= 11 is 0. The van der Waals surface area contributed by atoms with Gasteiger partial charge in [-0.05, 0) is 25.2 Å². The molecule has 4 heteroatoms. The fourth-order valence-corrected chi connectivity index (χ4v) is 1.83. The number of aromatic amines is 1. The summed E-state index contributed by atoms with van der Waals surface area (Å²) in [5.74, 6) is 5.83. The number of fused-ring (bicyclic) bond motifs is 1. The Bertz CT molecular complexity index is 647. The van der Waals surface area contributed by atoms with Crippen molar-refractivity contribution < 1.29 is 9.53 Å². The van der Waals surface area contributed by atoms with Gasteiger partial charge in [0.2, 0.25) is 0 Å². The van der Waals surface area contributed by atoms with E-state index in [1.54, 1.807) is 6.20 Å². The second-order valence-corrected chi connectivity index (χ2v) is 4.11. The van der Waals surface area contributed by atoms with Crippen molar-refractivity contribution >= 4 is 16.9 Å². The minimum absolute atomic E-state index is 0.341. The lowest BCUT2D eigenvalue weighted by Gasteiger charge is -1.97. The van der Waals surface area contributed by atoms with Crippen molar-refractivity contribution in [2.75, 3.05) is 20.7 Å². The Kier molecular flexibility index (Phi) is 4.22. The molecule has 0 saturated carbocycles. The minimum atomic E-state index is -0.341. The van der Waals surface area contributed by atoms with Crippen LogP contribution in [-0.4, -0.2) is 31.7 Å². The normalized spacial score (nSPS) is 10.0. The van der Waals surface area contributed by atoms with E-state index in [4.69, 9.17) is 4.74 Å². The van der Waals surface area contributed by atoms with Gasteiger partial charge in [0.05, 0.1) is 12.7 Å². The van der Waals surface area contributed by atoms with Gasteiger partial charge in [-0.3, -0.25) is 0 Å². The van der Waals surface area contributed by atoms with Crippen molar-refractivity contribution in [3.63, 3.8) is 0 Å². The molecule has 98 valence electrons. The van der Waals surface area contributed by atoms with Gasteiger partial charge in [-0.25, -0.2) is 4.79 Å². The smallest absolute Gasteiger partial charge is 0.340 e. The molecule has 2 rings (SSSR count). The van der Waals surface area contributed by atoms with Crippen LogP contribution in [0.3, 0.4) is 0 Å². The molecule has 0 aliphatic carbocycles. The number of ether oxygens (including phenoxy) is 1. The number of benzene rings is 1. The number of carbonyl (C=O) groups excluding carboxylic acids is 1. The minimum Gasteiger partial charge on any atom is -0.465 e. The first-order valence-corrected chi connectivity index (χ1v) is 6.09. The zero-order chi connectivity index (χ0) is 13.7. The van der Waals surface area contributed by atoms with Gasteiger partial charge in [-0.2, -0.15) is 0 Å². The number of rotatable bonds is 3. The topological polar surface area (TPSA) is 54.1 Å². The van der Waals surface area contributed by atoms with Crippen LogP contribution in [0.1, 0.15) is 22.3 Å². The third kappa shape index (κ3) is 2.95. The number of methoxy groups -OCH3 is 1. The molecule has 1 aromatic heterocycles. The number of hydrogen-bond acceptors (Lipinski definition) is 3. The van der Waals surface area contributed by atoms with E-state index in [0.717, 1.165) is 29.4 Å². The summed E-state index contributed by atoms with van der Waals surface area (Å²) in [6, 6.07) is 5.76. The summed E-state index contributed by atoms with van der Waals surface area (Å²) in [4.78, 5) is 14.7. The molecule has 19 heavy (non-hydrogen) atoms. The Balaban J connectivity index is 2.32. The number of aromatic nitrogens is 1. The van der Waals surface area contributed by atoms with Crippen LogP contribution in [0.5, 0.6) is 0 Å². The summed E-state index contributed by atoms with van der Waals surface area (Å²) in [6.07, 6.45) is 2.46. The van der Waals surface area contributed by atoms with E-state index in [-0.39, 0.29) is 5.97 Å². The highest BCUT2D eigenvalue weighted by atomic mass is 16.5. The first-order chi connectivity index (χ1) is 9.26. The van der Waals surface area contributed by atoms with Crippen LogP contribution in [0.15, 0.2) is 24.4 Å². The fourth-order valence-electron chi connectivity index (χ4n) is 1.83. The molecule has 0 spiro atoms. The van der Waals surface area contributed by atoms with Gasteiger partial charge in [0.15, 0.2) is 0 Å². The predicted octanol–water partition coefficient (Wildman–Crippen LogP) is 1.92. The van der Waals surface area contributed by atoms with Gasteiger partial charge in [-0.1, -0.05) is 11.8 Å². The monoisotopic (exact) mass is 256 g/mol. The van der Waals surface area contributed by atoms with Crippen LogP contribution >= 0.6 is 0 Å². The highest BCUT2D eigenvalue weighted by Crippen LogP contribution is 2.20. The Hall–Kier alpha value is -2.25. The number of hydrogen-bond donors (Lipinski definition) is 2. The van der Waals surface area contributed by atoms with Crippen molar-refractivity contribution in [3.8, 4) is 11.8 Å². The molecule has 2 aromatic rings. The van der Waals surface area contributed by atoms with E-state index in [2.05, 4.69) is 22.1 Å². The van der Waals surface area contributed by atoms with Crippen LogP contribution in [0.25, 0.3) is 10.9 Å².